The van der Waals surface area contributed by atoms with E-state index in [-0.39, 0.29) is 18.1 Å². The normalized spacial score (nSPS) is 24.1. The Labute approximate surface area is 113 Å². The Bertz CT molecular complexity index is 426. The zero-order valence-corrected chi connectivity index (χ0v) is 11.5. The van der Waals surface area contributed by atoms with Crippen LogP contribution in [0.15, 0.2) is 24.3 Å². The number of amides is 1. The van der Waals surface area contributed by atoms with Gasteiger partial charge in [0.05, 0.1) is 18.6 Å². The first-order valence-electron chi connectivity index (χ1n) is 6.23. The summed E-state index contributed by atoms with van der Waals surface area (Å²) in [5.41, 5.74) is 0.885. The smallest absolute Gasteiger partial charge is 0.227 e. The molecule has 4 heteroatoms. The number of ether oxygens (including phenoxy) is 1. The van der Waals surface area contributed by atoms with Crippen molar-refractivity contribution in [1.82, 2.24) is 4.90 Å². The minimum Gasteiger partial charge on any atom is -0.372 e. The zero-order valence-electron chi connectivity index (χ0n) is 10.7. The number of carbonyl (C=O) groups excluding carboxylic acids is 1. The predicted molar refractivity (Wildman–Crippen MR) is 71.7 cm³/mol. The van der Waals surface area contributed by atoms with Crippen LogP contribution in [0.1, 0.15) is 19.4 Å². The van der Waals surface area contributed by atoms with Crippen LogP contribution in [0.2, 0.25) is 5.02 Å². The van der Waals surface area contributed by atoms with Crippen molar-refractivity contribution >= 4 is 17.5 Å². The SMILES string of the molecule is C[C@H]1CN(C(=O)Cc2ccccc2Cl)C[C@H](C)O1. The van der Waals surface area contributed by atoms with E-state index in [9.17, 15) is 4.79 Å². The van der Waals surface area contributed by atoms with Crippen LogP contribution in [-0.4, -0.2) is 36.1 Å². The number of hydrogen-bond donors (Lipinski definition) is 0. The van der Waals surface area contributed by atoms with Gasteiger partial charge in [0, 0.05) is 18.1 Å². The molecule has 98 valence electrons. The summed E-state index contributed by atoms with van der Waals surface area (Å²) in [5, 5.41) is 0.653. The highest BCUT2D eigenvalue weighted by atomic mass is 35.5. The molecule has 0 aliphatic carbocycles. The van der Waals surface area contributed by atoms with E-state index in [0.717, 1.165) is 5.56 Å². The van der Waals surface area contributed by atoms with Gasteiger partial charge in [-0.15, -0.1) is 0 Å². The van der Waals surface area contributed by atoms with Crippen LogP contribution in [-0.2, 0) is 16.0 Å². The van der Waals surface area contributed by atoms with Crippen LogP contribution in [0.4, 0.5) is 0 Å². The fourth-order valence-corrected chi connectivity index (χ4v) is 2.50. The first kappa shape index (κ1) is 13.4. The molecule has 2 atom stereocenters. The standard InChI is InChI=1S/C14H18ClNO2/c1-10-8-16(9-11(2)18-10)14(17)7-12-5-3-4-6-13(12)15/h3-6,10-11H,7-9H2,1-2H3/t10-,11-/m0/s1. The van der Waals surface area contributed by atoms with Gasteiger partial charge in [-0.3, -0.25) is 4.79 Å². The lowest BCUT2D eigenvalue weighted by molar-refractivity contribution is -0.142. The maximum atomic E-state index is 12.2. The summed E-state index contributed by atoms with van der Waals surface area (Å²) in [6, 6.07) is 7.48. The topological polar surface area (TPSA) is 29.5 Å². The fraction of sp³-hybridized carbons (Fsp3) is 0.500. The number of benzene rings is 1. The second-order valence-corrected chi connectivity index (χ2v) is 5.23. The summed E-state index contributed by atoms with van der Waals surface area (Å²) in [6.45, 7) is 5.30. The number of rotatable bonds is 2. The number of nitrogens with zero attached hydrogens (tertiary/aromatic N) is 1. The first-order valence-corrected chi connectivity index (χ1v) is 6.60. The molecule has 0 saturated carbocycles. The minimum atomic E-state index is 0.101. The largest absolute Gasteiger partial charge is 0.372 e. The van der Waals surface area contributed by atoms with Gasteiger partial charge < -0.3 is 9.64 Å². The van der Waals surface area contributed by atoms with Crippen LogP contribution in [0.5, 0.6) is 0 Å². The highest BCUT2D eigenvalue weighted by Crippen LogP contribution is 2.18. The van der Waals surface area contributed by atoms with Crippen molar-refractivity contribution in [3.63, 3.8) is 0 Å². The van der Waals surface area contributed by atoms with Gasteiger partial charge in [-0.05, 0) is 25.5 Å². The predicted octanol–water partition coefficient (Wildman–Crippen LogP) is 2.52. The van der Waals surface area contributed by atoms with Crippen molar-refractivity contribution in [3.05, 3.63) is 34.9 Å². The van der Waals surface area contributed by atoms with E-state index in [1.54, 1.807) is 0 Å². The molecule has 1 heterocycles. The lowest BCUT2D eigenvalue weighted by Crippen LogP contribution is -2.48. The van der Waals surface area contributed by atoms with E-state index < -0.39 is 0 Å². The average molecular weight is 268 g/mol. The highest BCUT2D eigenvalue weighted by molar-refractivity contribution is 6.31. The number of halogens is 1. The quantitative estimate of drug-likeness (QED) is 0.824. The van der Waals surface area contributed by atoms with E-state index in [1.165, 1.54) is 0 Å². The van der Waals surface area contributed by atoms with Crippen molar-refractivity contribution in [2.75, 3.05) is 13.1 Å². The van der Waals surface area contributed by atoms with Gasteiger partial charge >= 0.3 is 0 Å². The molecular formula is C14H18ClNO2. The lowest BCUT2D eigenvalue weighted by atomic mass is 10.1. The molecule has 1 amide bonds. The Kier molecular flexibility index (Phi) is 4.25. The molecule has 1 aliphatic rings. The van der Waals surface area contributed by atoms with Gasteiger partial charge in [0.25, 0.3) is 0 Å². The molecule has 1 aromatic rings. The molecule has 1 aliphatic heterocycles. The van der Waals surface area contributed by atoms with Crippen LogP contribution in [0.3, 0.4) is 0 Å². The molecule has 0 aromatic heterocycles. The molecule has 2 rings (SSSR count). The number of hydrogen-bond acceptors (Lipinski definition) is 2. The van der Waals surface area contributed by atoms with E-state index in [0.29, 0.717) is 24.5 Å². The summed E-state index contributed by atoms with van der Waals surface area (Å²) in [7, 11) is 0. The maximum Gasteiger partial charge on any atom is 0.227 e. The maximum absolute atomic E-state index is 12.2. The third-order valence-corrected chi connectivity index (χ3v) is 3.44. The number of carbonyl (C=O) groups is 1. The molecule has 0 radical (unpaired) electrons. The molecule has 0 unspecified atom stereocenters. The summed E-state index contributed by atoms with van der Waals surface area (Å²) < 4.78 is 5.62. The number of morpholine rings is 1. The van der Waals surface area contributed by atoms with Crippen LogP contribution in [0.25, 0.3) is 0 Å². The molecule has 1 fully saturated rings. The molecule has 0 bridgehead atoms. The first-order chi connectivity index (χ1) is 8.56. The third-order valence-electron chi connectivity index (χ3n) is 3.07. The third kappa shape index (κ3) is 3.24. The Hall–Kier alpha value is -1.06. The van der Waals surface area contributed by atoms with Gasteiger partial charge in [-0.1, -0.05) is 29.8 Å². The molecule has 1 aromatic carbocycles. The Morgan fingerprint density at radius 2 is 1.94 bits per heavy atom. The lowest BCUT2D eigenvalue weighted by Gasteiger charge is -2.35. The average Bonchev–Trinajstić information content (AvgIpc) is 2.31. The Morgan fingerprint density at radius 1 is 1.33 bits per heavy atom. The van der Waals surface area contributed by atoms with Gasteiger partial charge in [0.15, 0.2) is 0 Å². The van der Waals surface area contributed by atoms with Gasteiger partial charge in [0.1, 0.15) is 0 Å². The molecule has 0 N–H and O–H groups in total. The monoisotopic (exact) mass is 267 g/mol. The summed E-state index contributed by atoms with van der Waals surface area (Å²) in [5.74, 6) is 0.116. The van der Waals surface area contributed by atoms with Crippen molar-refractivity contribution in [1.29, 1.82) is 0 Å². The van der Waals surface area contributed by atoms with Gasteiger partial charge in [0.2, 0.25) is 5.91 Å². The second kappa shape index (κ2) is 5.72. The molecule has 1 saturated heterocycles. The van der Waals surface area contributed by atoms with Crippen molar-refractivity contribution in [2.45, 2.75) is 32.5 Å². The summed E-state index contributed by atoms with van der Waals surface area (Å²) >= 11 is 6.07. The van der Waals surface area contributed by atoms with E-state index in [1.807, 2.05) is 43.0 Å². The molecule has 3 nitrogen and oxygen atoms in total. The van der Waals surface area contributed by atoms with E-state index in [2.05, 4.69) is 0 Å². The Morgan fingerprint density at radius 3 is 2.56 bits per heavy atom. The fourth-order valence-electron chi connectivity index (χ4n) is 2.30. The second-order valence-electron chi connectivity index (χ2n) is 4.82. The Balaban J connectivity index is 2.02. The molecular weight excluding hydrogens is 250 g/mol. The van der Waals surface area contributed by atoms with Crippen LogP contribution < -0.4 is 0 Å². The summed E-state index contributed by atoms with van der Waals surface area (Å²) in [4.78, 5) is 14.1. The minimum absolute atomic E-state index is 0.101. The van der Waals surface area contributed by atoms with Gasteiger partial charge in [-0.25, -0.2) is 0 Å². The summed E-state index contributed by atoms with van der Waals surface area (Å²) in [6.07, 6.45) is 0.562. The molecule has 0 spiro atoms. The van der Waals surface area contributed by atoms with E-state index in [4.69, 9.17) is 16.3 Å². The van der Waals surface area contributed by atoms with Crippen molar-refractivity contribution in [2.24, 2.45) is 0 Å². The van der Waals surface area contributed by atoms with E-state index >= 15 is 0 Å². The molecule has 18 heavy (non-hydrogen) atoms. The van der Waals surface area contributed by atoms with Gasteiger partial charge in [-0.2, -0.15) is 0 Å². The van der Waals surface area contributed by atoms with Crippen LogP contribution >= 0.6 is 11.6 Å². The highest BCUT2D eigenvalue weighted by Gasteiger charge is 2.25. The van der Waals surface area contributed by atoms with Crippen LogP contribution in [0, 0.1) is 0 Å². The van der Waals surface area contributed by atoms with Crippen molar-refractivity contribution < 1.29 is 9.53 Å². The van der Waals surface area contributed by atoms with Crippen molar-refractivity contribution in [3.8, 4) is 0 Å². The zero-order chi connectivity index (χ0) is 13.1.